The van der Waals surface area contributed by atoms with Crippen LogP contribution >= 0.6 is 22.9 Å². The third-order valence-electron chi connectivity index (χ3n) is 4.61. The summed E-state index contributed by atoms with van der Waals surface area (Å²) in [4.78, 5) is 17.3. The first kappa shape index (κ1) is 15.3. The fourth-order valence-corrected chi connectivity index (χ4v) is 4.69. The number of carboxylic acid groups (broad SMARTS) is 1. The van der Waals surface area contributed by atoms with Crippen molar-refractivity contribution in [3.63, 3.8) is 0 Å². The Morgan fingerprint density at radius 2 is 2.05 bits per heavy atom. The summed E-state index contributed by atoms with van der Waals surface area (Å²) in [6.45, 7) is 4.00. The van der Waals surface area contributed by atoms with Gasteiger partial charge in [-0.15, -0.1) is 11.3 Å². The largest absolute Gasteiger partial charge is 0.480 e. The minimum Gasteiger partial charge on any atom is -0.480 e. The van der Waals surface area contributed by atoms with Gasteiger partial charge in [0.25, 0.3) is 0 Å². The molecule has 1 atom stereocenters. The average molecular weight is 329 g/mol. The van der Waals surface area contributed by atoms with Crippen molar-refractivity contribution in [2.75, 3.05) is 19.6 Å². The molecule has 0 radical (unpaired) electrons. The first-order valence-corrected chi connectivity index (χ1v) is 8.78. The van der Waals surface area contributed by atoms with Gasteiger partial charge in [0, 0.05) is 30.6 Å². The van der Waals surface area contributed by atoms with Crippen molar-refractivity contribution in [2.24, 2.45) is 0 Å². The maximum atomic E-state index is 11.3. The molecule has 1 aromatic rings. The summed E-state index contributed by atoms with van der Waals surface area (Å²) >= 11 is 7.62. The maximum absolute atomic E-state index is 11.3. The van der Waals surface area contributed by atoms with Crippen LogP contribution in [0.15, 0.2) is 12.1 Å². The molecule has 2 saturated heterocycles. The smallest absolute Gasteiger partial charge is 0.320 e. The van der Waals surface area contributed by atoms with Crippen LogP contribution in [0, 0.1) is 0 Å². The van der Waals surface area contributed by atoms with Gasteiger partial charge in [0.1, 0.15) is 6.04 Å². The van der Waals surface area contributed by atoms with Crippen LogP contribution in [-0.4, -0.2) is 52.6 Å². The van der Waals surface area contributed by atoms with E-state index in [1.165, 1.54) is 4.88 Å². The molecule has 0 amide bonds. The molecule has 4 nitrogen and oxygen atoms in total. The van der Waals surface area contributed by atoms with Crippen LogP contribution in [0.3, 0.4) is 0 Å². The van der Waals surface area contributed by atoms with E-state index in [9.17, 15) is 9.90 Å². The third kappa shape index (κ3) is 3.59. The van der Waals surface area contributed by atoms with Gasteiger partial charge in [0.2, 0.25) is 0 Å². The van der Waals surface area contributed by atoms with Crippen molar-refractivity contribution < 1.29 is 9.90 Å². The molecule has 3 rings (SSSR count). The molecule has 0 aliphatic carbocycles. The number of halogens is 1. The van der Waals surface area contributed by atoms with Gasteiger partial charge >= 0.3 is 5.97 Å². The molecule has 1 aromatic heterocycles. The minimum atomic E-state index is -0.650. The van der Waals surface area contributed by atoms with Crippen molar-refractivity contribution in [1.82, 2.24) is 9.80 Å². The van der Waals surface area contributed by atoms with Crippen LogP contribution in [0.25, 0.3) is 0 Å². The van der Waals surface area contributed by atoms with Crippen molar-refractivity contribution in [1.29, 1.82) is 0 Å². The van der Waals surface area contributed by atoms with E-state index >= 15 is 0 Å². The number of carbonyl (C=O) groups is 1. The van der Waals surface area contributed by atoms with Gasteiger partial charge < -0.3 is 5.11 Å². The number of hydrogen-bond donors (Lipinski definition) is 1. The fourth-order valence-electron chi connectivity index (χ4n) is 3.56. The summed E-state index contributed by atoms with van der Waals surface area (Å²) in [6, 6.07) is 4.24. The van der Waals surface area contributed by atoms with Crippen LogP contribution in [-0.2, 0) is 11.3 Å². The number of nitrogens with zero attached hydrogens (tertiary/aromatic N) is 2. The normalized spacial score (nSPS) is 25.5. The second kappa shape index (κ2) is 6.65. The molecular weight excluding hydrogens is 308 g/mol. The molecule has 2 fully saturated rings. The summed E-state index contributed by atoms with van der Waals surface area (Å²) in [5.74, 6) is -0.650. The molecule has 21 heavy (non-hydrogen) atoms. The van der Waals surface area contributed by atoms with E-state index in [1.807, 2.05) is 6.07 Å². The maximum Gasteiger partial charge on any atom is 0.320 e. The molecule has 0 aromatic carbocycles. The summed E-state index contributed by atoms with van der Waals surface area (Å²) in [7, 11) is 0. The molecule has 1 N–H and O–H groups in total. The van der Waals surface area contributed by atoms with Crippen LogP contribution in [0.5, 0.6) is 0 Å². The van der Waals surface area contributed by atoms with Gasteiger partial charge in [-0.25, -0.2) is 0 Å². The summed E-state index contributed by atoms with van der Waals surface area (Å²) in [5.41, 5.74) is 0. The standard InChI is InChI=1S/C15H21ClN2O2S/c16-14-4-3-12(21-14)10-17-8-5-11(6-9-17)18-7-1-2-13(18)15(19)20/h3-4,11,13H,1-2,5-10H2,(H,19,20). The van der Waals surface area contributed by atoms with Crippen LogP contribution in [0.4, 0.5) is 0 Å². The van der Waals surface area contributed by atoms with Gasteiger partial charge in [-0.05, 0) is 44.4 Å². The van der Waals surface area contributed by atoms with E-state index in [4.69, 9.17) is 11.6 Å². The lowest BCUT2D eigenvalue weighted by molar-refractivity contribution is -0.143. The van der Waals surface area contributed by atoms with Gasteiger partial charge in [0.15, 0.2) is 0 Å². The molecular formula is C15H21ClN2O2S. The van der Waals surface area contributed by atoms with E-state index in [0.717, 1.165) is 56.2 Å². The molecule has 1 unspecified atom stereocenters. The Labute approximate surface area is 134 Å². The van der Waals surface area contributed by atoms with Crippen molar-refractivity contribution in [3.8, 4) is 0 Å². The zero-order valence-corrected chi connectivity index (χ0v) is 13.6. The number of thiophene rings is 1. The fraction of sp³-hybridized carbons (Fsp3) is 0.667. The predicted octanol–water partition coefficient (Wildman–Crippen LogP) is 2.91. The lowest BCUT2D eigenvalue weighted by Crippen LogP contribution is -2.48. The second-order valence-electron chi connectivity index (χ2n) is 5.95. The summed E-state index contributed by atoms with van der Waals surface area (Å²) in [6.07, 6.45) is 3.97. The van der Waals surface area contributed by atoms with E-state index in [2.05, 4.69) is 15.9 Å². The van der Waals surface area contributed by atoms with Crippen molar-refractivity contribution in [3.05, 3.63) is 21.3 Å². The number of rotatable bonds is 4. The molecule has 6 heteroatoms. The van der Waals surface area contributed by atoms with Gasteiger partial charge in [0.05, 0.1) is 4.34 Å². The van der Waals surface area contributed by atoms with E-state index < -0.39 is 5.97 Å². The number of aliphatic carboxylic acids is 1. The Bertz CT molecular complexity index is 500. The molecule has 2 aliphatic rings. The highest BCUT2D eigenvalue weighted by Crippen LogP contribution is 2.28. The Morgan fingerprint density at radius 1 is 1.29 bits per heavy atom. The van der Waals surface area contributed by atoms with Gasteiger partial charge in [-0.3, -0.25) is 14.6 Å². The van der Waals surface area contributed by atoms with E-state index in [0.29, 0.717) is 6.04 Å². The van der Waals surface area contributed by atoms with Gasteiger partial charge in [-0.2, -0.15) is 0 Å². The van der Waals surface area contributed by atoms with Gasteiger partial charge in [-0.1, -0.05) is 11.6 Å². The lowest BCUT2D eigenvalue weighted by atomic mass is 10.0. The lowest BCUT2D eigenvalue weighted by Gasteiger charge is -2.38. The highest BCUT2D eigenvalue weighted by Gasteiger charge is 2.36. The van der Waals surface area contributed by atoms with Crippen molar-refractivity contribution in [2.45, 2.75) is 44.3 Å². The summed E-state index contributed by atoms with van der Waals surface area (Å²) in [5, 5.41) is 9.30. The van der Waals surface area contributed by atoms with Crippen molar-refractivity contribution >= 4 is 28.9 Å². The number of carboxylic acids is 1. The minimum absolute atomic E-state index is 0.252. The predicted molar refractivity (Wildman–Crippen MR) is 85.0 cm³/mol. The monoisotopic (exact) mass is 328 g/mol. The Balaban J connectivity index is 1.52. The highest BCUT2D eigenvalue weighted by molar-refractivity contribution is 7.16. The Kier molecular flexibility index (Phi) is 4.84. The first-order valence-electron chi connectivity index (χ1n) is 7.58. The number of hydrogen-bond acceptors (Lipinski definition) is 4. The molecule has 0 saturated carbocycles. The molecule has 2 aliphatic heterocycles. The summed E-state index contributed by atoms with van der Waals surface area (Å²) < 4.78 is 0.848. The topological polar surface area (TPSA) is 43.8 Å². The quantitative estimate of drug-likeness (QED) is 0.923. The Morgan fingerprint density at radius 3 is 2.67 bits per heavy atom. The molecule has 3 heterocycles. The zero-order chi connectivity index (χ0) is 14.8. The Hall–Kier alpha value is -0.620. The average Bonchev–Trinajstić information content (AvgIpc) is 3.09. The van der Waals surface area contributed by atoms with Crippen LogP contribution in [0.1, 0.15) is 30.6 Å². The molecule has 116 valence electrons. The number of likely N-dealkylation sites (tertiary alicyclic amines) is 2. The van der Waals surface area contributed by atoms with E-state index in [1.54, 1.807) is 11.3 Å². The zero-order valence-electron chi connectivity index (χ0n) is 12.0. The van der Waals surface area contributed by atoms with Crippen LogP contribution < -0.4 is 0 Å². The number of piperidine rings is 1. The van der Waals surface area contributed by atoms with E-state index in [-0.39, 0.29) is 6.04 Å². The third-order valence-corrected chi connectivity index (χ3v) is 5.83. The molecule has 0 spiro atoms. The van der Waals surface area contributed by atoms with Crippen LogP contribution in [0.2, 0.25) is 4.34 Å². The molecule has 0 bridgehead atoms. The second-order valence-corrected chi connectivity index (χ2v) is 7.75. The SMILES string of the molecule is O=C(O)C1CCCN1C1CCN(Cc2ccc(Cl)s2)CC1. The first-order chi connectivity index (χ1) is 10.1. The highest BCUT2D eigenvalue weighted by atomic mass is 35.5.